The molecule has 0 heterocycles. The van der Waals surface area contributed by atoms with Gasteiger partial charge in [0, 0.05) is 12.8 Å². The van der Waals surface area contributed by atoms with E-state index in [1.54, 1.807) is 0 Å². The molecule has 0 saturated heterocycles. The Bertz CT molecular complexity index is 334. The third kappa shape index (κ3) is 8.80. The van der Waals surface area contributed by atoms with Crippen LogP contribution in [0, 0.1) is 11.8 Å². The molecular formula is C22H40O2. The summed E-state index contributed by atoms with van der Waals surface area (Å²) < 4.78 is 12.1. The number of hydrogen-bond donors (Lipinski definition) is 0. The second-order valence-electron chi connectivity index (χ2n) is 7.22. The van der Waals surface area contributed by atoms with Crippen LogP contribution in [0.4, 0.5) is 0 Å². The standard InChI is InChI=1S/C22H40O2/c1-5-9-11-19(7-3)17-23-21-13-15-22(16-14-21)24-18-20(8-4)12-10-6-2/h13,15,19-20H,5-12,14,16-18H2,1-4H3. The fourth-order valence-electron chi connectivity index (χ4n) is 3.09. The van der Waals surface area contributed by atoms with E-state index in [1.807, 2.05) is 0 Å². The maximum absolute atomic E-state index is 6.04. The normalized spacial score (nSPS) is 17.0. The van der Waals surface area contributed by atoms with Crippen molar-refractivity contribution in [3.05, 3.63) is 23.7 Å². The molecule has 0 spiro atoms. The highest BCUT2D eigenvalue weighted by Gasteiger charge is 2.13. The number of allylic oxidation sites excluding steroid dienone is 4. The lowest BCUT2D eigenvalue weighted by atomic mass is 10.0. The Labute approximate surface area is 150 Å². The summed E-state index contributed by atoms with van der Waals surface area (Å²) in [5.41, 5.74) is 0. The van der Waals surface area contributed by atoms with E-state index >= 15 is 0 Å². The first-order valence-electron chi connectivity index (χ1n) is 10.4. The summed E-state index contributed by atoms with van der Waals surface area (Å²) in [5, 5.41) is 0. The Morgan fingerprint density at radius 1 is 0.750 bits per heavy atom. The summed E-state index contributed by atoms with van der Waals surface area (Å²) in [6.07, 6.45) is 16.4. The molecule has 2 unspecified atom stereocenters. The van der Waals surface area contributed by atoms with Gasteiger partial charge in [-0.05, 0) is 36.8 Å². The summed E-state index contributed by atoms with van der Waals surface area (Å²) >= 11 is 0. The van der Waals surface area contributed by atoms with Gasteiger partial charge in [-0.3, -0.25) is 0 Å². The lowest BCUT2D eigenvalue weighted by Crippen LogP contribution is -2.12. The van der Waals surface area contributed by atoms with E-state index < -0.39 is 0 Å². The Hall–Kier alpha value is -0.920. The maximum Gasteiger partial charge on any atom is 0.0965 e. The van der Waals surface area contributed by atoms with Gasteiger partial charge in [0.1, 0.15) is 0 Å². The quantitative estimate of drug-likeness (QED) is 0.339. The molecule has 0 fully saturated rings. The third-order valence-electron chi connectivity index (χ3n) is 5.17. The minimum atomic E-state index is 0.705. The Morgan fingerprint density at radius 2 is 1.17 bits per heavy atom. The zero-order chi connectivity index (χ0) is 17.6. The van der Waals surface area contributed by atoms with Crippen LogP contribution in [0.25, 0.3) is 0 Å². The zero-order valence-corrected chi connectivity index (χ0v) is 16.6. The molecule has 2 nitrogen and oxygen atoms in total. The molecule has 0 bridgehead atoms. The van der Waals surface area contributed by atoms with Crippen LogP contribution in [0.1, 0.15) is 91.9 Å². The number of unbranched alkanes of at least 4 members (excludes halogenated alkanes) is 2. The molecule has 24 heavy (non-hydrogen) atoms. The van der Waals surface area contributed by atoms with Crippen molar-refractivity contribution in [2.45, 2.75) is 91.9 Å². The monoisotopic (exact) mass is 336 g/mol. The highest BCUT2D eigenvalue weighted by Crippen LogP contribution is 2.24. The fraction of sp³-hybridized carbons (Fsp3) is 0.818. The molecule has 0 N–H and O–H groups in total. The van der Waals surface area contributed by atoms with Gasteiger partial charge in [0.25, 0.3) is 0 Å². The lowest BCUT2D eigenvalue weighted by molar-refractivity contribution is 0.129. The van der Waals surface area contributed by atoms with Crippen LogP contribution in [0.15, 0.2) is 23.7 Å². The molecule has 1 rings (SSSR count). The van der Waals surface area contributed by atoms with E-state index in [4.69, 9.17) is 9.47 Å². The van der Waals surface area contributed by atoms with Gasteiger partial charge in [-0.15, -0.1) is 0 Å². The molecule has 0 aromatic rings. The van der Waals surface area contributed by atoms with Crippen LogP contribution in [-0.2, 0) is 9.47 Å². The summed E-state index contributed by atoms with van der Waals surface area (Å²) in [5.74, 6) is 3.68. The molecule has 2 heteroatoms. The van der Waals surface area contributed by atoms with Crippen molar-refractivity contribution < 1.29 is 9.47 Å². The largest absolute Gasteiger partial charge is 0.498 e. The molecule has 2 atom stereocenters. The number of rotatable bonds is 14. The zero-order valence-electron chi connectivity index (χ0n) is 16.6. The second-order valence-corrected chi connectivity index (χ2v) is 7.22. The van der Waals surface area contributed by atoms with Crippen molar-refractivity contribution in [2.75, 3.05) is 13.2 Å². The average Bonchev–Trinajstić information content (AvgIpc) is 2.63. The first kappa shape index (κ1) is 21.1. The first-order valence-corrected chi connectivity index (χ1v) is 10.4. The third-order valence-corrected chi connectivity index (χ3v) is 5.17. The summed E-state index contributed by atoms with van der Waals surface area (Å²) in [6, 6.07) is 0. The van der Waals surface area contributed by atoms with Crippen molar-refractivity contribution >= 4 is 0 Å². The van der Waals surface area contributed by atoms with E-state index in [1.165, 1.54) is 51.4 Å². The summed E-state index contributed by atoms with van der Waals surface area (Å²) in [7, 11) is 0. The van der Waals surface area contributed by atoms with Crippen LogP contribution in [-0.4, -0.2) is 13.2 Å². The summed E-state index contributed by atoms with van der Waals surface area (Å²) in [4.78, 5) is 0. The van der Waals surface area contributed by atoms with E-state index in [2.05, 4.69) is 39.8 Å². The topological polar surface area (TPSA) is 18.5 Å². The second kappa shape index (κ2) is 13.4. The molecule has 1 aliphatic carbocycles. The van der Waals surface area contributed by atoms with Crippen molar-refractivity contribution in [1.29, 1.82) is 0 Å². The van der Waals surface area contributed by atoms with Gasteiger partial charge in [0.2, 0.25) is 0 Å². The molecule has 0 amide bonds. The predicted molar refractivity (Wildman–Crippen MR) is 104 cm³/mol. The molecule has 0 aliphatic heterocycles. The summed E-state index contributed by atoms with van der Waals surface area (Å²) in [6.45, 7) is 10.8. The smallest absolute Gasteiger partial charge is 0.0965 e. The van der Waals surface area contributed by atoms with Gasteiger partial charge in [-0.25, -0.2) is 0 Å². The molecule has 0 radical (unpaired) electrons. The molecule has 0 aromatic carbocycles. The van der Waals surface area contributed by atoms with Crippen LogP contribution >= 0.6 is 0 Å². The van der Waals surface area contributed by atoms with Crippen molar-refractivity contribution in [3.63, 3.8) is 0 Å². The Morgan fingerprint density at radius 3 is 1.46 bits per heavy atom. The van der Waals surface area contributed by atoms with Crippen molar-refractivity contribution in [3.8, 4) is 0 Å². The Kier molecular flexibility index (Phi) is 11.8. The SMILES string of the molecule is CCCCC(CC)COC1=CC=C(OCC(CC)CCCC)CC1. The average molecular weight is 337 g/mol. The number of hydrogen-bond acceptors (Lipinski definition) is 2. The lowest BCUT2D eigenvalue weighted by Gasteiger charge is -2.21. The molecular weight excluding hydrogens is 296 g/mol. The molecule has 0 saturated carbocycles. The van der Waals surface area contributed by atoms with Crippen LogP contribution in [0.3, 0.4) is 0 Å². The van der Waals surface area contributed by atoms with Crippen LogP contribution < -0.4 is 0 Å². The van der Waals surface area contributed by atoms with E-state index in [9.17, 15) is 0 Å². The van der Waals surface area contributed by atoms with Crippen molar-refractivity contribution in [1.82, 2.24) is 0 Å². The molecule has 0 aromatic heterocycles. The molecule has 140 valence electrons. The van der Waals surface area contributed by atoms with Gasteiger partial charge >= 0.3 is 0 Å². The van der Waals surface area contributed by atoms with E-state index in [0.717, 1.165) is 37.6 Å². The first-order chi connectivity index (χ1) is 11.7. The predicted octanol–water partition coefficient (Wildman–Crippen LogP) is 7.01. The highest BCUT2D eigenvalue weighted by molar-refractivity contribution is 5.17. The van der Waals surface area contributed by atoms with Gasteiger partial charge in [-0.2, -0.15) is 0 Å². The maximum atomic E-state index is 6.04. The van der Waals surface area contributed by atoms with Gasteiger partial charge in [-0.1, -0.05) is 66.2 Å². The molecule has 1 aliphatic rings. The van der Waals surface area contributed by atoms with Gasteiger partial charge in [0.05, 0.1) is 24.7 Å². The van der Waals surface area contributed by atoms with Crippen molar-refractivity contribution in [2.24, 2.45) is 11.8 Å². The van der Waals surface area contributed by atoms with Crippen LogP contribution in [0.2, 0.25) is 0 Å². The minimum absolute atomic E-state index is 0.705. The van der Waals surface area contributed by atoms with Crippen LogP contribution in [0.5, 0.6) is 0 Å². The van der Waals surface area contributed by atoms with Gasteiger partial charge in [0.15, 0.2) is 0 Å². The number of ether oxygens (including phenoxy) is 2. The minimum Gasteiger partial charge on any atom is -0.498 e. The highest BCUT2D eigenvalue weighted by atomic mass is 16.5. The van der Waals surface area contributed by atoms with E-state index in [-0.39, 0.29) is 0 Å². The van der Waals surface area contributed by atoms with E-state index in [0.29, 0.717) is 11.8 Å². The Balaban J connectivity index is 2.32. The fourth-order valence-corrected chi connectivity index (χ4v) is 3.09. The van der Waals surface area contributed by atoms with Gasteiger partial charge < -0.3 is 9.47 Å².